The van der Waals surface area contributed by atoms with E-state index in [2.05, 4.69) is 6.92 Å². The second kappa shape index (κ2) is 6.11. The number of ether oxygens (including phenoxy) is 1. The highest BCUT2D eigenvalue weighted by Crippen LogP contribution is 2.16. The Kier molecular flexibility index (Phi) is 5.09. The average molecular weight is 213 g/mol. The molecule has 0 saturated carbocycles. The van der Waals surface area contributed by atoms with Gasteiger partial charge in [-0.05, 0) is 39.0 Å². The standard InChI is InChI=1S/C12H23NO2/c1-10(2)15-9-12(14)13-7-4-5-11(3)6-8-13/h10-11H,4-9H2,1-3H3. The second-order valence-corrected chi connectivity index (χ2v) is 4.78. The smallest absolute Gasteiger partial charge is 0.248 e. The first kappa shape index (κ1) is 12.5. The van der Waals surface area contributed by atoms with Gasteiger partial charge >= 0.3 is 0 Å². The molecule has 1 atom stereocenters. The van der Waals surface area contributed by atoms with E-state index in [9.17, 15) is 4.79 Å². The van der Waals surface area contributed by atoms with E-state index in [0.717, 1.165) is 31.8 Å². The van der Waals surface area contributed by atoms with Gasteiger partial charge in [0, 0.05) is 13.1 Å². The lowest BCUT2D eigenvalue weighted by atomic mass is 10.0. The minimum absolute atomic E-state index is 0.139. The molecule has 1 unspecified atom stereocenters. The number of likely N-dealkylation sites (tertiary alicyclic amines) is 1. The van der Waals surface area contributed by atoms with E-state index in [1.165, 1.54) is 6.42 Å². The monoisotopic (exact) mass is 213 g/mol. The Bertz CT molecular complexity index is 204. The van der Waals surface area contributed by atoms with Gasteiger partial charge in [-0.1, -0.05) is 6.92 Å². The first-order valence-corrected chi connectivity index (χ1v) is 5.99. The minimum atomic E-state index is 0.139. The van der Waals surface area contributed by atoms with E-state index in [-0.39, 0.29) is 18.6 Å². The predicted octanol–water partition coefficient (Wildman–Crippen LogP) is 2.06. The molecule has 3 heteroatoms. The van der Waals surface area contributed by atoms with Crippen molar-refractivity contribution in [2.24, 2.45) is 5.92 Å². The fraction of sp³-hybridized carbons (Fsp3) is 0.917. The van der Waals surface area contributed by atoms with E-state index < -0.39 is 0 Å². The van der Waals surface area contributed by atoms with Gasteiger partial charge in [0.05, 0.1) is 6.10 Å². The topological polar surface area (TPSA) is 29.5 Å². The Morgan fingerprint density at radius 3 is 2.80 bits per heavy atom. The van der Waals surface area contributed by atoms with E-state index in [1.54, 1.807) is 0 Å². The first-order valence-electron chi connectivity index (χ1n) is 5.99. The average Bonchev–Trinajstić information content (AvgIpc) is 2.39. The fourth-order valence-electron chi connectivity index (χ4n) is 1.84. The van der Waals surface area contributed by atoms with Gasteiger partial charge in [-0.2, -0.15) is 0 Å². The van der Waals surface area contributed by atoms with Crippen molar-refractivity contribution in [2.45, 2.75) is 46.1 Å². The molecule has 0 N–H and O–H groups in total. The maximum absolute atomic E-state index is 11.8. The third kappa shape index (κ3) is 4.65. The van der Waals surface area contributed by atoms with Crippen LogP contribution in [0, 0.1) is 5.92 Å². The summed E-state index contributed by atoms with van der Waals surface area (Å²) in [6, 6.07) is 0. The quantitative estimate of drug-likeness (QED) is 0.718. The molecule has 3 nitrogen and oxygen atoms in total. The van der Waals surface area contributed by atoms with Gasteiger partial charge in [0.1, 0.15) is 6.61 Å². The highest BCUT2D eigenvalue weighted by Gasteiger charge is 2.18. The van der Waals surface area contributed by atoms with Crippen LogP contribution >= 0.6 is 0 Å². The second-order valence-electron chi connectivity index (χ2n) is 4.78. The van der Waals surface area contributed by atoms with Crippen LogP contribution < -0.4 is 0 Å². The molecule has 1 heterocycles. The highest BCUT2D eigenvalue weighted by atomic mass is 16.5. The molecule has 1 aliphatic heterocycles. The molecular formula is C12H23NO2. The van der Waals surface area contributed by atoms with Gasteiger partial charge in [0.15, 0.2) is 0 Å². The number of hydrogen-bond donors (Lipinski definition) is 0. The Morgan fingerprint density at radius 2 is 2.13 bits per heavy atom. The van der Waals surface area contributed by atoms with Crippen LogP contribution in [0.15, 0.2) is 0 Å². The molecule has 1 saturated heterocycles. The van der Waals surface area contributed by atoms with Crippen molar-refractivity contribution in [1.29, 1.82) is 0 Å². The van der Waals surface area contributed by atoms with Crippen LogP contribution in [0.2, 0.25) is 0 Å². The van der Waals surface area contributed by atoms with E-state index in [1.807, 2.05) is 18.7 Å². The number of rotatable bonds is 3. The third-order valence-corrected chi connectivity index (χ3v) is 2.91. The zero-order chi connectivity index (χ0) is 11.3. The molecule has 1 aliphatic rings. The van der Waals surface area contributed by atoms with Crippen molar-refractivity contribution in [3.05, 3.63) is 0 Å². The molecule has 0 aromatic rings. The molecule has 88 valence electrons. The van der Waals surface area contributed by atoms with Gasteiger partial charge < -0.3 is 9.64 Å². The van der Waals surface area contributed by atoms with Crippen LogP contribution in [0.25, 0.3) is 0 Å². The number of hydrogen-bond acceptors (Lipinski definition) is 2. The zero-order valence-corrected chi connectivity index (χ0v) is 10.2. The maximum Gasteiger partial charge on any atom is 0.248 e. The summed E-state index contributed by atoms with van der Waals surface area (Å²) in [5.74, 6) is 0.909. The van der Waals surface area contributed by atoms with Crippen LogP contribution in [0.4, 0.5) is 0 Å². The Morgan fingerprint density at radius 1 is 1.40 bits per heavy atom. The van der Waals surface area contributed by atoms with Crippen LogP contribution in [0.5, 0.6) is 0 Å². The highest BCUT2D eigenvalue weighted by molar-refractivity contribution is 5.77. The van der Waals surface area contributed by atoms with Gasteiger partial charge in [0.2, 0.25) is 5.91 Å². The maximum atomic E-state index is 11.8. The first-order chi connectivity index (χ1) is 7.09. The molecule has 1 fully saturated rings. The summed E-state index contributed by atoms with van der Waals surface area (Å²) in [6.45, 7) is 8.23. The third-order valence-electron chi connectivity index (χ3n) is 2.91. The van der Waals surface area contributed by atoms with Crippen molar-refractivity contribution in [3.63, 3.8) is 0 Å². The summed E-state index contributed by atoms with van der Waals surface area (Å²) in [5.41, 5.74) is 0. The van der Waals surface area contributed by atoms with Gasteiger partial charge in [-0.15, -0.1) is 0 Å². The summed E-state index contributed by atoms with van der Waals surface area (Å²) in [4.78, 5) is 13.7. The molecule has 0 aromatic heterocycles. The Labute approximate surface area is 92.8 Å². The van der Waals surface area contributed by atoms with Crippen molar-refractivity contribution in [1.82, 2.24) is 4.90 Å². The van der Waals surface area contributed by atoms with Gasteiger partial charge in [-0.3, -0.25) is 4.79 Å². The van der Waals surface area contributed by atoms with E-state index in [0.29, 0.717) is 0 Å². The molecule has 1 amide bonds. The van der Waals surface area contributed by atoms with Crippen LogP contribution in [-0.4, -0.2) is 36.6 Å². The van der Waals surface area contributed by atoms with Crippen molar-refractivity contribution in [2.75, 3.05) is 19.7 Å². The Balaban J connectivity index is 2.31. The molecule has 0 aromatic carbocycles. The lowest BCUT2D eigenvalue weighted by molar-refractivity contribution is -0.137. The normalized spacial score (nSPS) is 22.9. The van der Waals surface area contributed by atoms with Gasteiger partial charge in [-0.25, -0.2) is 0 Å². The Hall–Kier alpha value is -0.570. The summed E-state index contributed by atoms with van der Waals surface area (Å²) < 4.78 is 5.33. The largest absolute Gasteiger partial charge is 0.369 e. The summed E-state index contributed by atoms with van der Waals surface area (Å²) in [6.07, 6.45) is 3.65. The lowest BCUT2D eigenvalue weighted by Gasteiger charge is -2.21. The predicted molar refractivity (Wildman–Crippen MR) is 60.7 cm³/mol. The van der Waals surface area contributed by atoms with Crippen LogP contribution in [-0.2, 0) is 9.53 Å². The molecule has 0 aliphatic carbocycles. The van der Waals surface area contributed by atoms with Crippen LogP contribution in [0.1, 0.15) is 40.0 Å². The van der Waals surface area contributed by atoms with E-state index >= 15 is 0 Å². The SMILES string of the molecule is CC1CCCN(C(=O)COC(C)C)CC1. The molecule has 0 bridgehead atoms. The number of nitrogens with zero attached hydrogens (tertiary/aromatic N) is 1. The molecule has 0 spiro atoms. The number of carbonyl (C=O) groups is 1. The van der Waals surface area contributed by atoms with Gasteiger partial charge in [0.25, 0.3) is 0 Å². The van der Waals surface area contributed by atoms with Crippen molar-refractivity contribution in [3.8, 4) is 0 Å². The lowest BCUT2D eigenvalue weighted by Crippen LogP contribution is -2.35. The zero-order valence-electron chi connectivity index (χ0n) is 10.2. The molecule has 0 radical (unpaired) electrons. The van der Waals surface area contributed by atoms with Crippen LogP contribution in [0.3, 0.4) is 0 Å². The summed E-state index contributed by atoms with van der Waals surface area (Å²) in [5, 5.41) is 0. The summed E-state index contributed by atoms with van der Waals surface area (Å²) in [7, 11) is 0. The van der Waals surface area contributed by atoms with Crippen molar-refractivity contribution < 1.29 is 9.53 Å². The fourth-order valence-corrected chi connectivity index (χ4v) is 1.84. The minimum Gasteiger partial charge on any atom is -0.369 e. The number of amides is 1. The summed E-state index contributed by atoms with van der Waals surface area (Å²) >= 11 is 0. The molecular weight excluding hydrogens is 190 g/mol. The van der Waals surface area contributed by atoms with Crippen molar-refractivity contribution >= 4 is 5.91 Å². The molecule has 1 rings (SSSR count). The number of carbonyl (C=O) groups excluding carboxylic acids is 1. The molecule has 15 heavy (non-hydrogen) atoms. The van der Waals surface area contributed by atoms with E-state index in [4.69, 9.17) is 4.74 Å².